The van der Waals surface area contributed by atoms with Gasteiger partial charge < -0.3 is 10.2 Å². The first-order chi connectivity index (χ1) is 14.7. The Kier molecular flexibility index (Phi) is 9.63. The van der Waals surface area contributed by atoms with Crippen molar-refractivity contribution in [2.24, 2.45) is 0 Å². The molecule has 2 aromatic carbocycles. The first kappa shape index (κ1) is 25.0. The molecule has 0 radical (unpaired) electrons. The van der Waals surface area contributed by atoms with Crippen molar-refractivity contribution in [3.63, 3.8) is 0 Å². The van der Waals surface area contributed by atoms with Crippen molar-refractivity contribution in [2.75, 3.05) is 5.75 Å². The van der Waals surface area contributed by atoms with Crippen LogP contribution < -0.4 is 5.32 Å². The second-order valence-corrected chi connectivity index (χ2v) is 9.57. The van der Waals surface area contributed by atoms with Gasteiger partial charge in [-0.15, -0.1) is 11.8 Å². The maximum atomic E-state index is 13.3. The number of hydrogen-bond donors (Lipinski definition) is 1. The van der Waals surface area contributed by atoms with Crippen LogP contribution in [0.15, 0.2) is 42.5 Å². The van der Waals surface area contributed by atoms with Crippen molar-refractivity contribution in [1.82, 2.24) is 10.2 Å². The molecule has 1 atom stereocenters. The summed E-state index contributed by atoms with van der Waals surface area (Å²) in [4.78, 5) is 27.9. The van der Waals surface area contributed by atoms with E-state index in [-0.39, 0.29) is 17.9 Å². The standard InChI is InChI=1S/C26H36N2O2S/c1-7-24(26(30)27-18(2)3)28(15-22-10-8-9-19(4)12-22)25(29)17-31-16-23-13-20(5)11-21(6)14-23/h8-14,18,24H,7,15-17H2,1-6H3,(H,27,30)/t24-/m1/s1. The summed E-state index contributed by atoms with van der Waals surface area (Å²) in [6.45, 7) is 12.5. The summed E-state index contributed by atoms with van der Waals surface area (Å²) in [7, 11) is 0. The lowest BCUT2D eigenvalue weighted by Gasteiger charge is -2.31. The highest BCUT2D eigenvalue weighted by Crippen LogP contribution is 2.19. The summed E-state index contributed by atoms with van der Waals surface area (Å²) in [5.74, 6) is 1.05. The van der Waals surface area contributed by atoms with Crippen molar-refractivity contribution in [3.05, 3.63) is 70.3 Å². The Morgan fingerprint density at radius 2 is 1.61 bits per heavy atom. The first-order valence-electron chi connectivity index (χ1n) is 11.0. The lowest BCUT2D eigenvalue weighted by molar-refractivity contribution is -0.139. The average Bonchev–Trinajstić information content (AvgIpc) is 2.66. The predicted molar refractivity (Wildman–Crippen MR) is 131 cm³/mol. The summed E-state index contributed by atoms with van der Waals surface area (Å²) in [6, 6.07) is 14.2. The molecule has 0 spiro atoms. The molecule has 0 aliphatic rings. The second kappa shape index (κ2) is 11.9. The molecule has 4 nitrogen and oxygen atoms in total. The number of amides is 2. The molecular weight excluding hydrogens is 404 g/mol. The minimum atomic E-state index is -0.475. The van der Waals surface area contributed by atoms with Crippen molar-refractivity contribution in [3.8, 4) is 0 Å². The summed E-state index contributed by atoms with van der Waals surface area (Å²) in [5.41, 5.74) is 5.89. The Morgan fingerprint density at radius 1 is 0.968 bits per heavy atom. The van der Waals surface area contributed by atoms with Crippen molar-refractivity contribution in [2.45, 2.75) is 72.3 Å². The summed E-state index contributed by atoms with van der Waals surface area (Å²) >= 11 is 1.60. The number of nitrogens with one attached hydrogen (secondary N) is 1. The number of benzene rings is 2. The molecule has 0 aliphatic carbocycles. The largest absolute Gasteiger partial charge is 0.352 e. The molecule has 31 heavy (non-hydrogen) atoms. The van der Waals surface area contributed by atoms with Crippen molar-refractivity contribution in [1.29, 1.82) is 0 Å². The molecule has 0 fully saturated rings. The minimum Gasteiger partial charge on any atom is -0.352 e. The van der Waals surface area contributed by atoms with E-state index < -0.39 is 6.04 Å². The quantitative estimate of drug-likeness (QED) is 0.554. The van der Waals surface area contributed by atoms with Gasteiger partial charge in [0.05, 0.1) is 5.75 Å². The van der Waals surface area contributed by atoms with Gasteiger partial charge >= 0.3 is 0 Å². The Hall–Kier alpha value is -2.27. The predicted octanol–water partition coefficient (Wildman–Crippen LogP) is 5.18. The molecule has 0 saturated carbocycles. The Bertz CT molecular complexity index is 874. The fraction of sp³-hybridized carbons (Fsp3) is 0.462. The third kappa shape index (κ3) is 8.06. The maximum absolute atomic E-state index is 13.3. The topological polar surface area (TPSA) is 49.4 Å². The molecule has 168 valence electrons. The molecule has 2 rings (SSSR count). The molecule has 2 aromatic rings. The van der Waals surface area contributed by atoms with E-state index in [0.717, 1.165) is 16.9 Å². The van der Waals surface area contributed by atoms with Crippen LogP contribution in [0.1, 0.15) is 55.0 Å². The highest BCUT2D eigenvalue weighted by atomic mass is 32.2. The number of carbonyl (C=O) groups is 2. The van der Waals surface area contributed by atoms with E-state index in [1.165, 1.54) is 16.7 Å². The molecule has 0 saturated heterocycles. The Balaban J connectivity index is 2.15. The van der Waals surface area contributed by atoms with Crippen LogP contribution >= 0.6 is 11.8 Å². The highest BCUT2D eigenvalue weighted by Gasteiger charge is 2.28. The maximum Gasteiger partial charge on any atom is 0.243 e. The van der Waals surface area contributed by atoms with E-state index in [9.17, 15) is 9.59 Å². The SMILES string of the molecule is CC[C@H](C(=O)NC(C)C)N(Cc1cccc(C)c1)C(=O)CSCc1cc(C)cc(C)c1. The van der Waals surface area contributed by atoms with Crippen LogP contribution in [0.2, 0.25) is 0 Å². The van der Waals surface area contributed by atoms with Gasteiger partial charge in [-0.1, -0.05) is 66.1 Å². The van der Waals surface area contributed by atoms with Gasteiger partial charge in [0.15, 0.2) is 0 Å². The van der Waals surface area contributed by atoms with Gasteiger partial charge in [-0.2, -0.15) is 0 Å². The van der Waals surface area contributed by atoms with Crippen LogP contribution in [0.4, 0.5) is 0 Å². The van der Waals surface area contributed by atoms with E-state index in [2.05, 4.69) is 43.4 Å². The molecule has 0 aromatic heterocycles. The third-order valence-corrected chi connectivity index (χ3v) is 6.02. The van der Waals surface area contributed by atoms with Gasteiger partial charge in [-0.25, -0.2) is 0 Å². The number of thioether (sulfide) groups is 1. The molecule has 5 heteroatoms. The zero-order valence-electron chi connectivity index (χ0n) is 19.7. The Labute approximate surface area is 191 Å². The van der Waals surface area contributed by atoms with E-state index in [1.54, 1.807) is 16.7 Å². The van der Waals surface area contributed by atoms with Crippen molar-refractivity contribution < 1.29 is 9.59 Å². The van der Waals surface area contributed by atoms with E-state index >= 15 is 0 Å². The van der Waals surface area contributed by atoms with Crippen LogP contribution in [0.3, 0.4) is 0 Å². The summed E-state index contributed by atoms with van der Waals surface area (Å²) in [6.07, 6.45) is 0.581. The molecule has 0 aliphatic heterocycles. The molecule has 0 bridgehead atoms. The van der Waals surface area contributed by atoms with Gasteiger partial charge in [0, 0.05) is 18.3 Å². The average molecular weight is 441 g/mol. The van der Waals surface area contributed by atoms with Crippen LogP contribution in [0, 0.1) is 20.8 Å². The highest BCUT2D eigenvalue weighted by molar-refractivity contribution is 7.99. The smallest absolute Gasteiger partial charge is 0.243 e. The lowest BCUT2D eigenvalue weighted by atomic mass is 10.1. The first-order valence-corrected chi connectivity index (χ1v) is 12.1. The molecular formula is C26H36N2O2S. The van der Waals surface area contributed by atoms with Gasteiger partial charge in [-0.3, -0.25) is 9.59 Å². The normalized spacial score (nSPS) is 12.0. The van der Waals surface area contributed by atoms with Gasteiger partial charge in [0.25, 0.3) is 0 Å². The molecule has 0 unspecified atom stereocenters. The van der Waals surface area contributed by atoms with E-state index in [4.69, 9.17) is 0 Å². The number of aryl methyl sites for hydroxylation is 3. The van der Waals surface area contributed by atoms with Gasteiger partial charge in [0.1, 0.15) is 6.04 Å². The van der Waals surface area contributed by atoms with Crippen molar-refractivity contribution >= 4 is 23.6 Å². The summed E-state index contributed by atoms with van der Waals surface area (Å²) in [5, 5.41) is 2.98. The zero-order chi connectivity index (χ0) is 23.0. The van der Waals surface area contributed by atoms with Gasteiger partial charge in [0.2, 0.25) is 11.8 Å². The number of carbonyl (C=O) groups excluding carboxylic acids is 2. The fourth-order valence-electron chi connectivity index (χ4n) is 3.80. The second-order valence-electron chi connectivity index (χ2n) is 8.59. The van der Waals surface area contributed by atoms with Gasteiger partial charge in [-0.05, 0) is 52.2 Å². The number of nitrogens with zero attached hydrogens (tertiary/aromatic N) is 1. The third-order valence-electron chi connectivity index (χ3n) is 5.03. The van der Waals surface area contributed by atoms with E-state index in [1.807, 2.05) is 45.9 Å². The summed E-state index contributed by atoms with van der Waals surface area (Å²) < 4.78 is 0. The lowest BCUT2D eigenvalue weighted by Crippen LogP contribution is -2.50. The fourth-order valence-corrected chi connectivity index (χ4v) is 4.64. The zero-order valence-corrected chi connectivity index (χ0v) is 20.5. The molecule has 2 amide bonds. The molecule has 0 heterocycles. The Morgan fingerprint density at radius 3 is 2.19 bits per heavy atom. The number of hydrogen-bond acceptors (Lipinski definition) is 3. The monoisotopic (exact) mass is 440 g/mol. The minimum absolute atomic E-state index is 0.00152. The molecule has 1 N–H and O–H groups in total. The van der Waals surface area contributed by atoms with Crippen LogP contribution in [-0.4, -0.2) is 34.6 Å². The van der Waals surface area contributed by atoms with Crippen LogP contribution in [-0.2, 0) is 21.9 Å². The van der Waals surface area contributed by atoms with Crippen LogP contribution in [0.5, 0.6) is 0 Å². The number of rotatable bonds is 10. The van der Waals surface area contributed by atoms with Crippen LogP contribution in [0.25, 0.3) is 0 Å². The van der Waals surface area contributed by atoms with E-state index in [0.29, 0.717) is 18.7 Å².